The van der Waals surface area contributed by atoms with E-state index in [4.69, 9.17) is 0 Å². The van der Waals surface area contributed by atoms with Gasteiger partial charge in [0.15, 0.2) is 5.69 Å². The van der Waals surface area contributed by atoms with Gasteiger partial charge in [-0.2, -0.15) is 10.2 Å². The van der Waals surface area contributed by atoms with Gasteiger partial charge in [0.2, 0.25) is 0 Å². The molecule has 2 rings (SSSR count). The fraction of sp³-hybridized carbons (Fsp3) is 0.417. The highest BCUT2D eigenvalue weighted by molar-refractivity contribution is 9.10. The van der Waals surface area contributed by atoms with Crippen molar-refractivity contribution in [3.8, 4) is 0 Å². The summed E-state index contributed by atoms with van der Waals surface area (Å²) >= 11 is 3.34. The zero-order valence-corrected chi connectivity index (χ0v) is 13.0. The van der Waals surface area contributed by atoms with Gasteiger partial charge in [-0.3, -0.25) is 14.2 Å². The molecule has 0 fully saturated rings. The zero-order chi connectivity index (χ0) is 14.2. The van der Waals surface area contributed by atoms with Gasteiger partial charge in [-0.05, 0) is 22.9 Å². The van der Waals surface area contributed by atoms with Crippen molar-refractivity contribution in [1.82, 2.24) is 24.5 Å². The maximum absolute atomic E-state index is 12.3. The summed E-state index contributed by atoms with van der Waals surface area (Å²) in [5.41, 5.74) is 2.39. The fourth-order valence-corrected chi connectivity index (χ4v) is 2.46. The minimum absolute atomic E-state index is 0.115. The number of hydrogen-bond donors (Lipinski definition) is 0. The molecule has 2 aromatic rings. The van der Waals surface area contributed by atoms with E-state index in [-0.39, 0.29) is 5.91 Å². The van der Waals surface area contributed by atoms with Crippen LogP contribution in [0.5, 0.6) is 0 Å². The largest absolute Gasteiger partial charge is 0.336 e. The van der Waals surface area contributed by atoms with E-state index >= 15 is 0 Å². The lowest BCUT2D eigenvalue weighted by atomic mass is 10.2. The second-order valence-corrected chi connectivity index (χ2v) is 5.43. The van der Waals surface area contributed by atoms with Crippen LogP contribution in [0.3, 0.4) is 0 Å². The summed E-state index contributed by atoms with van der Waals surface area (Å²) in [6, 6.07) is 0. The van der Waals surface area contributed by atoms with Crippen LogP contribution in [0.25, 0.3) is 0 Å². The second kappa shape index (κ2) is 5.16. The summed E-state index contributed by atoms with van der Waals surface area (Å²) in [6.07, 6.45) is 3.68. The molecule has 0 unspecified atom stereocenters. The average Bonchev–Trinajstić information content (AvgIpc) is 2.80. The van der Waals surface area contributed by atoms with Crippen molar-refractivity contribution in [1.29, 1.82) is 0 Å². The van der Waals surface area contributed by atoms with Crippen LogP contribution in [-0.4, -0.2) is 37.4 Å². The standard InChI is InChI=1S/C12H16BrN5O/c1-8-9(6-17(3)14-8)5-16(2)12(19)11-10(13)7-18(4)15-11/h6-7H,5H2,1-4H3. The van der Waals surface area contributed by atoms with Crippen molar-refractivity contribution in [2.75, 3.05) is 7.05 Å². The SMILES string of the molecule is Cc1nn(C)cc1CN(C)C(=O)c1nn(C)cc1Br. The Kier molecular flexibility index (Phi) is 3.75. The molecule has 0 bridgehead atoms. The van der Waals surface area contributed by atoms with Crippen molar-refractivity contribution < 1.29 is 4.79 Å². The van der Waals surface area contributed by atoms with Crippen LogP contribution in [0.1, 0.15) is 21.7 Å². The smallest absolute Gasteiger partial charge is 0.275 e. The molecule has 0 aliphatic rings. The van der Waals surface area contributed by atoms with Crippen LogP contribution in [0, 0.1) is 6.92 Å². The number of rotatable bonds is 3. The first kappa shape index (κ1) is 13.8. The summed E-state index contributed by atoms with van der Waals surface area (Å²) in [4.78, 5) is 13.9. The molecule has 0 aliphatic heterocycles. The molecule has 6 nitrogen and oxygen atoms in total. The lowest BCUT2D eigenvalue weighted by Crippen LogP contribution is -2.27. The molecule has 0 aliphatic carbocycles. The molecule has 0 radical (unpaired) electrons. The quantitative estimate of drug-likeness (QED) is 0.859. The van der Waals surface area contributed by atoms with E-state index in [1.807, 2.05) is 20.2 Å². The number of nitrogens with zero attached hydrogens (tertiary/aromatic N) is 5. The molecule has 102 valence electrons. The number of hydrogen-bond acceptors (Lipinski definition) is 3. The van der Waals surface area contributed by atoms with Gasteiger partial charge in [-0.1, -0.05) is 0 Å². The predicted molar refractivity (Wildman–Crippen MR) is 74.7 cm³/mol. The second-order valence-electron chi connectivity index (χ2n) is 4.57. The van der Waals surface area contributed by atoms with Crippen molar-refractivity contribution in [3.05, 3.63) is 33.8 Å². The monoisotopic (exact) mass is 325 g/mol. The lowest BCUT2D eigenvalue weighted by Gasteiger charge is -2.15. The van der Waals surface area contributed by atoms with Gasteiger partial charge < -0.3 is 4.90 Å². The maximum Gasteiger partial charge on any atom is 0.275 e. The number of aryl methyl sites for hydroxylation is 3. The van der Waals surface area contributed by atoms with E-state index in [2.05, 4.69) is 26.1 Å². The first-order chi connectivity index (χ1) is 8.88. The van der Waals surface area contributed by atoms with Crippen LogP contribution >= 0.6 is 15.9 Å². The van der Waals surface area contributed by atoms with Crippen LogP contribution in [0.2, 0.25) is 0 Å². The average molecular weight is 326 g/mol. The van der Waals surface area contributed by atoms with Crippen molar-refractivity contribution in [2.24, 2.45) is 14.1 Å². The van der Waals surface area contributed by atoms with Gasteiger partial charge in [-0.15, -0.1) is 0 Å². The maximum atomic E-state index is 12.3. The summed E-state index contributed by atoms with van der Waals surface area (Å²) < 4.78 is 4.06. The minimum atomic E-state index is -0.115. The minimum Gasteiger partial charge on any atom is -0.336 e. The van der Waals surface area contributed by atoms with Crippen LogP contribution < -0.4 is 0 Å². The molecule has 2 aromatic heterocycles. The van der Waals surface area contributed by atoms with Gasteiger partial charge in [0.1, 0.15) is 0 Å². The zero-order valence-electron chi connectivity index (χ0n) is 11.4. The highest BCUT2D eigenvalue weighted by Crippen LogP contribution is 2.17. The third kappa shape index (κ3) is 2.86. The topological polar surface area (TPSA) is 56.0 Å². The molecule has 2 heterocycles. The summed E-state index contributed by atoms with van der Waals surface area (Å²) in [5.74, 6) is -0.115. The molecule has 0 aromatic carbocycles. The van der Waals surface area contributed by atoms with E-state index in [1.54, 1.807) is 34.6 Å². The van der Waals surface area contributed by atoms with Crippen molar-refractivity contribution in [3.63, 3.8) is 0 Å². The third-order valence-electron chi connectivity index (χ3n) is 2.86. The normalized spacial score (nSPS) is 10.8. The Morgan fingerprint density at radius 3 is 2.42 bits per heavy atom. The molecule has 0 atom stereocenters. The van der Waals surface area contributed by atoms with Crippen LogP contribution in [-0.2, 0) is 20.6 Å². The van der Waals surface area contributed by atoms with Crippen molar-refractivity contribution >= 4 is 21.8 Å². The summed E-state index contributed by atoms with van der Waals surface area (Å²) in [7, 11) is 5.41. The van der Waals surface area contributed by atoms with Crippen LogP contribution in [0.15, 0.2) is 16.9 Å². The summed E-state index contributed by atoms with van der Waals surface area (Å²) in [6.45, 7) is 2.45. The fourth-order valence-electron chi connectivity index (χ4n) is 1.92. The predicted octanol–water partition coefficient (Wildman–Crippen LogP) is 1.50. The third-order valence-corrected chi connectivity index (χ3v) is 3.44. The van der Waals surface area contributed by atoms with Gasteiger partial charge in [0, 0.05) is 45.6 Å². The van der Waals surface area contributed by atoms with E-state index in [0.29, 0.717) is 16.7 Å². The Balaban J connectivity index is 2.16. The number of aromatic nitrogens is 4. The highest BCUT2D eigenvalue weighted by atomic mass is 79.9. The van der Waals surface area contributed by atoms with Gasteiger partial charge >= 0.3 is 0 Å². The van der Waals surface area contributed by atoms with E-state index < -0.39 is 0 Å². The Morgan fingerprint density at radius 1 is 1.32 bits per heavy atom. The molecule has 0 saturated heterocycles. The Labute approximate surface area is 120 Å². The lowest BCUT2D eigenvalue weighted by molar-refractivity contribution is 0.0777. The molecule has 0 saturated carbocycles. The molecular weight excluding hydrogens is 310 g/mol. The molecular formula is C12H16BrN5O. The molecule has 0 N–H and O–H groups in total. The number of halogens is 1. The Morgan fingerprint density at radius 2 is 1.95 bits per heavy atom. The molecule has 0 spiro atoms. The van der Waals surface area contributed by atoms with E-state index in [9.17, 15) is 4.79 Å². The number of amides is 1. The highest BCUT2D eigenvalue weighted by Gasteiger charge is 2.19. The summed E-state index contributed by atoms with van der Waals surface area (Å²) in [5, 5.41) is 8.43. The first-order valence-corrected chi connectivity index (χ1v) is 6.61. The van der Waals surface area contributed by atoms with Crippen molar-refractivity contribution in [2.45, 2.75) is 13.5 Å². The van der Waals surface area contributed by atoms with Crippen LogP contribution in [0.4, 0.5) is 0 Å². The van der Waals surface area contributed by atoms with Gasteiger partial charge in [0.25, 0.3) is 5.91 Å². The Hall–Kier alpha value is -1.63. The number of carbonyl (C=O) groups excluding carboxylic acids is 1. The number of carbonyl (C=O) groups is 1. The van der Waals surface area contributed by atoms with E-state index in [1.165, 1.54) is 0 Å². The Bertz CT molecular complexity index is 616. The van der Waals surface area contributed by atoms with Gasteiger partial charge in [-0.25, -0.2) is 0 Å². The van der Waals surface area contributed by atoms with Gasteiger partial charge in [0.05, 0.1) is 10.2 Å². The molecule has 7 heteroatoms. The van der Waals surface area contributed by atoms with E-state index in [0.717, 1.165) is 11.3 Å². The first-order valence-electron chi connectivity index (χ1n) is 5.82. The molecule has 1 amide bonds. The molecule has 19 heavy (non-hydrogen) atoms.